The normalized spacial score (nSPS) is 25.3. The Morgan fingerprint density at radius 2 is 1.83 bits per heavy atom. The molecule has 0 radical (unpaired) electrons. The van der Waals surface area contributed by atoms with Gasteiger partial charge in [0.15, 0.2) is 5.96 Å². The lowest BCUT2D eigenvalue weighted by Gasteiger charge is -2.42. The van der Waals surface area contributed by atoms with Gasteiger partial charge in [-0.25, -0.2) is 0 Å². The summed E-state index contributed by atoms with van der Waals surface area (Å²) in [5.74, 6) is 1.08. The van der Waals surface area contributed by atoms with Gasteiger partial charge in [-0.05, 0) is 37.5 Å². The first-order valence-corrected chi connectivity index (χ1v) is 8.81. The van der Waals surface area contributed by atoms with Crippen molar-refractivity contribution in [2.45, 2.75) is 52.4 Å². The SMILES string of the molecule is CCCC1(C)CCCN(C(=NC)NCC(=O)N2CCCC2)C1.I. The molecule has 0 saturated carbocycles. The van der Waals surface area contributed by atoms with Gasteiger partial charge in [0.05, 0.1) is 6.54 Å². The van der Waals surface area contributed by atoms with E-state index in [1.165, 1.54) is 25.7 Å². The number of halogens is 1. The number of carbonyl (C=O) groups is 1. The summed E-state index contributed by atoms with van der Waals surface area (Å²) in [6.07, 6.45) is 7.26. The number of hydrogen-bond donors (Lipinski definition) is 1. The van der Waals surface area contributed by atoms with Crippen LogP contribution in [0.5, 0.6) is 0 Å². The molecule has 2 aliphatic rings. The number of carbonyl (C=O) groups excluding carboxylic acids is 1. The van der Waals surface area contributed by atoms with Crippen LogP contribution in [0.4, 0.5) is 0 Å². The zero-order valence-corrected chi connectivity index (χ0v) is 17.3. The lowest BCUT2D eigenvalue weighted by atomic mass is 9.78. The minimum Gasteiger partial charge on any atom is -0.347 e. The molecule has 0 aromatic rings. The van der Waals surface area contributed by atoms with Crippen molar-refractivity contribution in [1.29, 1.82) is 0 Å². The molecule has 2 fully saturated rings. The predicted molar refractivity (Wildman–Crippen MR) is 106 cm³/mol. The molecule has 2 rings (SSSR count). The number of rotatable bonds is 4. The van der Waals surface area contributed by atoms with Gasteiger partial charge in [-0.3, -0.25) is 9.79 Å². The van der Waals surface area contributed by atoms with E-state index in [0.29, 0.717) is 12.0 Å². The molecular weight excluding hydrogens is 403 g/mol. The van der Waals surface area contributed by atoms with E-state index in [4.69, 9.17) is 0 Å². The van der Waals surface area contributed by atoms with Gasteiger partial charge < -0.3 is 15.1 Å². The number of amides is 1. The summed E-state index contributed by atoms with van der Waals surface area (Å²) < 4.78 is 0. The van der Waals surface area contributed by atoms with Crippen LogP contribution in [0.15, 0.2) is 4.99 Å². The maximum absolute atomic E-state index is 12.2. The number of guanidine groups is 1. The fourth-order valence-corrected chi connectivity index (χ4v) is 3.87. The summed E-state index contributed by atoms with van der Waals surface area (Å²) in [5.41, 5.74) is 0.379. The molecule has 23 heavy (non-hydrogen) atoms. The van der Waals surface area contributed by atoms with Gasteiger partial charge in [-0.2, -0.15) is 0 Å². The third-order valence-corrected chi connectivity index (χ3v) is 5.00. The molecule has 0 aliphatic carbocycles. The van der Waals surface area contributed by atoms with Crippen molar-refractivity contribution in [2.75, 3.05) is 39.8 Å². The Kier molecular flexibility index (Phi) is 8.64. The number of aliphatic imine (C=N–C) groups is 1. The zero-order chi connectivity index (χ0) is 16.0. The summed E-state index contributed by atoms with van der Waals surface area (Å²) >= 11 is 0. The van der Waals surface area contributed by atoms with Crippen molar-refractivity contribution >= 4 is 35.8 Å². The van der Waals surface area contributed by atoms with E-state index in [2.05, 4.69) is 29.1 Å². The largest absolute Gasteiger partial charge is 0.347 e. The minimum absolute atomic E-state index is 0. The molecule has 2 saturated heterocycles. The highest BCUT2D eigenvalue weighted by molar-refractivity contribution is 14.0. The number of likely N-dealkylation sites (tertiary alicyclic amines) is 2. The first-order valence-electron chi connectivity index (χ1n) is 8.81. The van der Waals surface area contributed by atoms with Crippen LogP contribution < -0.4 is 5.32 Å². The second-order valence-electron chi connectivity index (χ2n) is 7.07. The molecule has 6 heteroatoms. The summed E-state index contributed by atoms with van der Waals surface area (Å²) in [5, 5.41) is 3.28. The van der Waals surface area contributed by atoms with Crippen LogP contribution in [0.2, 0.25) is 0 Å². The molecule has 2 heterocycles. The Labute approximate surface area is 158 Å². The predicted octanol–water partition coefficient (Wildman–Crippen LogP) is 2.70. The van der Waals surface area contributed by atoms with E-state index >= 15 is 0 Å². The lowest BCUT2D eigenvalue weighted by molar-refractivity contribution is -0.128. The van der Waals surface area contributed by atoms with E-state index in [-0.39, 0.29) is 29.9 Å². The summed E-state index contributed by atoms with van der Waals surface area (Å²) in [7, 11) is 1.81. The number of nitrogens with one attached hydrogen (secondary N) is 1. The van der Waals surface area contributed by atoms with Crippen LogP contribution in [-0.4, -0.2) is 61.4 Å². The van der Waals surface area contributed by atoms with Crippen molar-refractivity contribution in [3.05, 3.63) is 0 Å². The van der Waals surface area contributed by atoms with Gasteiger partial charge in [0.1, 0.15) is 0 Å². The number of piperidine rings is 1. The van der Waals surface area contributed by atoms with Crippen LogP contribution in [0.25, 0.3) is 0 Å². The fourth-order valence-electron chi connectivity index (χ4n) is 3.87. The molecule has 1 unspecified atom stereocenters. The standard InChI is InChI=1S/C17H32N4O.HI/c1-4-8-17(2)9-7-12-21(14-17)16(18-3)19-13-15(22)20-10-5-6-11-20;/h4-14H2,1-3H3,(H,18,19);1H. The van der Waals surface area contributed by atoms with E-state index in [1.807, 2.05) is 11.9 Å². The molecule has 5 nitrogen and oxygen atoms in total. The second kappa shape index (κ2) is 9.69. The monoisotopic (exact) mass is 436 g/mol. The minimum atomic E-state index is 0. The van der Waals surface area contributed by atoms with Crippen LogP contribution in [0.1, 0.15) is 52.4 Å². The molecular formula is C17H33IN4O. The highest BCUT2D eigenvalue weighted by atomic mass is 127. The van der Waals surface area contributed by atoms with E-state index in [0.717, 1.165) is 45.0 Å². The van der Waals surface area contributed by atoms with Gasteiger partial charge >= 0.3 is 0 Å². The number of nitrogens with zero attached hydrogens (tertiary/aromatic N) is 3. The molecule has 2 aliphatic heterocycles. The molecule has 0 bridgehead atoms. The first kappa shape index (κ1) is 20.5. The van der Waals surface area contributed by atoms with Crippen LogP contribution in [-0.2, 0) is 4.79 Å². The average Bonchev–Trinajstić information content (AvgIpc) is 3.02. The van der Waals surface area contributed by atoms with Crippen molar-refractivity contribution in [3.8, 4) is 0 Å². The molecule has 1 N–H and O–H groups in total. The van der Waals surface area contributed by atoms with Gasteiger partial charge in [-0.1, -0.05) is 20.3 Å². The van der Waals surface area contributed by atoms with Crippen LogP contribution >= 0.6 is 24.0 Å². The summed E-state index contributed by atoms with van der Waals surface area (Å²) in [6, 6.07) is 0. The molecule has 0 aromatic heterocycles. The maximum atomic E-state index is 12.2. The second-order valence-corrected chi connectivity index (χ2v) is 7.07. The molecule has 134 valence electrons. The highest BCUT2D eigenvalue weighted by Crippen LogP contribution is 2.33. The Morgan fingerprint density at radius 3 is 2.43 bits per heavy atom. The van der Waals surface area contributed by atoms with E-state index in [9.17, 15) is 4.79 Å². The summed E-state index contributed by atoms with van der Waals surface area (Å²) in [4.78, 5) is 20.9. The van der Waals surface area contributed by atoms with Gasteiger partial charge in [0, 0.05) is 33.2 Å². The van der Waals surface area contributed by atoms with Crippen molar-refractivity contribution < 1.29 is 4.79 Å². The topological polar surface area (TPSA) is 47.9 Å². The van der Waals surface area contributed by atoms with E-state index < -0.39 is 0 Å². The third-order valence-electron chi connectivity index (χ3n) is 5.00. The highest BCUT2D eigenvalue weighted by Gasteiger charge is 2.31. The van der Waals surface area contributed by atoms with Crippen LogP contribution in [0, 0.1) is 5.41 Å². The quantitative estimate of drug-likeness (QED) is 0.419. The smallest absolute Gasteiger partial charge is 0.241 e. The molecule has 0 aromatic carbocycles. The summed E-state index contributed by atoms with van der Waals surface area (Å²) in [6.45, 7) is 8.91. The van der Waals surface area contributed by atoms with Crippen LogP contribution in [0.3, 0.4) is 0 Å². The lowest BCUT2D eigenvalue weighted by Crippen LogP contribution is -2.51. The van der Waals surface area contributed by atoms with E-state index in [1.54, 1.807) is 0 Å². The van der Waals surface area contributed by atoms with Crippen molar-refractivity contribution in [3.63, 3.8) is 0 Å². The zero-order valence-electron chi connectivity index (χ0n) is 14.9. The Hall–Kier alpha value is -0.530. The molecule has 1 amide bonds. The Balaban J connectivity index is 0.00000264. The van der Waals surface area contributed by atoms with Gasteiger partial charge in [-0.15, -0.1) is 24.0 Å². The van der Waals surface area contributed by atoms with Crippen molar-refractivity contribution in [1.82, 2.24) is 15.1 Å². The number of hydrogen-bond acceptors (Lipinski definition) is 2. The molecule has 1 atom stereocenters. The Morgan fingerprint density at radius 1 is 1.17 bits per heavy atom. The molecule has 0 spiro atoms. The fraction of sp³-hybridized carbons (Fsp3) is 0.882. The van der Waals surface area contributed by atoms with Gasteiger partial charge in [0.25, 0.3) is 0 Å². The van der Waals surface area contributed by atoms with Crippen molar-refractivity contribution in [2.24, 2.45) is 10.4 Å². The van der Waals surface area contributed by atoms with Gasteiger partial charge in [0.2, 0.25) is 5.91 Å². The maximum Gasteiger partial charge on any atom is 0.241 e. The average molecular weight is 436 g/mol. The first-order chi connectivity index (χ1) is 10.6. The Bertz CT molecular complexity index is 405. The third kappa shape index (κ3) is 5.80.